The van der Waals surface area contributed by atoms with Gasteiger partial charge in [-0.2, -0.15) is 0 Å². The molecule has 2 saturated heterocycles. The summed E-state index contributed by atoms with van der Waals surface area (Å²) in [6.45, 7) is 4.04. The highest BCUT2D eigenvalue weighted by Crippen LogP contribution is 2.23. The minimum atomic E-state index is -0.262. The zero-order valence-corrected chi connectivity index (χ0v) is 13.3. The maximum absolute atomic E-state index is 12.9. The van der Waals surface area contributed by atoms with Crippen molar-refractivity contribution in [3.8, 4) is 0 Å². The molecule has 0 unspecified atom stereocenters. The molecule has 1 atom stereocenters. The Balaban J connectivity index is 1.62. The second kappa shape index (κ2) is 5.01. The fourth-order valence-electron chi connectivity index (χ4n) is 3.48. The zero-order chi connectivity index (χ0) is 16.1. The predicted octanol–water partition coefficient (Wildman–Crippen LogP) is 1.76. The molecular formula is C17H19N3O3. The number of piperazine rings is 1. The predicted molar refractivity (Wildman–Crippen MR) is 85.4 cm³/mol. The molecule has 1 aromatic heterocycles. The highest BCUT2D eigenvalue weighted by atomic mass is 16.6. The van der Waals surface area contributed by atoms with Crippen molar-refractivity contribution in [1.82, 2.24) is 14.4 Å². The van der Waals surface area contributed by atoms with Gasteiger partial charge in [-0.25, -0.2) is 4.79 Å². The average molecular weight is 313 g/mol. The number of ether oxygens (including phenoxy) is 1. The first-order valence-corrected chi connectivity index (χ1v) is 7.83. The van der Waals surface area contributed by atoms with E-state index in [1.807, 2.05) is 35.6 Å². The van der Waals surface area contributed by atoms with Crippen LogP contribution < -0.4 is 0 Å². The second-order valence-electron chi connectivity index (χ2n) is 6.33. The largest absolute Gasteiger partial charge is 0.447 e. The monoisotopic (exact) mass is 313 g/mol. The van der Waals surface area contributed by atoms with Crippen molar-refractivity contribution in [3.05, 3.63) is 35.5 Å². The van der Waals surface area contributed by atoms with E-state index in [2.05, 4.69) is 12.1 Å². The van der Waals surface area contributed by atoms with Crippen LogP contribution in [-0.2, 0) is 11.8 Å². The summed E-state index contributed by atoms with van der Waals surface area (Å²) in [6, 6.07) is 8.12. The van der Waals surface area contributed by atoms with Gasteiger partial charge >= 0.3 is 6.09 Å². The van der Waals surface area contributed by atoms with Crippen LogP contribution in [0.3, 0.4) is 0 Å². The fourth-order valence-corrected chi connectivity index (χ4v) is 3.48. The van der Waals surface area contributed by atoms with Crippen LogP contribution in [-0.4, -0.2) is 58.7 Å². The highest BCUT2D eigenvalue weighted by molar-refractivity contribution is 5.99. The second-order valence-corrected chi connectivity index (χ2v) is 6.33. The Labute approximate surface area is 134 Å². The molecule has 2 aromatic rings. The molecular weight excluding hydrogens is 294 g/mol. The molecule has 2 fully saturated rings. The number of hydrogen-bond donors (Lipinski definition) is 0. The Morgan fingerprint density at radius 3 is 2.91 bits per heavy atom. The summed E-state index contributed by atoms with van der Waals surface area (Å²) in [6.07, 6.45) is -0.262. The number of rotatable bonds is 1. The van der Waals surface area contributed by atoms with Gasteiger partial charge in [0.05, 0.1) is 6.04 Å². The molecule has 2 amide bonds. The number of fused-ring (bicyclic) bond motifs is 2. The Morgan fingerprint density at radius 2 is 2.09 bits per heavy atom. The molecule has 0 aliphatic carbocycles. The molecule has 0 saturated carbocycles. The van der Waals surface area contributed by atoms with Crippen LogP contribution in [0.15, 0.2) is 24.3 Å². The zero-order valence-electron chi connectivity index (χ0n) is 13.3. The molecule has 23 heavy (non-hydrogen) atoms. The van der Waals surface area contributed by atoms with Crippen molar-refractivity contribution in [2.45, 2.75) is 13.0 Å². The van der Waals surface area contributed by atoms with Gasteiger partial charge < -0.3 is 14.2 Å². The van der Waals surface area contributed by atoms with Gasteiger partial charge in [0.15, 0.2) is 0 Å². The van der Waals surface area contributed by atoms with E-state index in [0.717, 1.165) is 10.9 Å². The van der Waals surface area contributed by atoms with Gasteiger partial charge in [-0.05, 0) is 24.6 Å². The Kier molecular flexibility index (Phi) is 3.07. The Hall–Kier alpha value is -2.50. The summed E-state index contributed by atoms with van der Waals surface area (Å²) in [5.41, 5.74) is 2.92. The lowest BCUT2D eigenvalue weighted by atomic mass is 10.1. The van der Waals surface area contributed by atoms with Crippen LogP contribution in [0.1, 0.15) is 16.1 Å². The number of carbonyl (C=O) groups excluding carboxylic acids is 2. The fraction of sp³-hybridized carbons (Fsp3) is 0.412. The lowest BCUT2D eigenvalue weighted by Crippen LogP contribution is -2.53. The first-order chi connectivity index (χ1) is 11.0. The summed E-state index contributed by atoms with van der Waals surface area (Å²) in [4.78, 5) is 28.0. The number of amides is 2. The van der Waals surface area contributed by atoms with Crippen molar-refractivity contribution in [2.24, 2.45) is 7.05 Å². The highest BCUT2D eigenvalue weighted by Gasteiger charge is 2.39. The van der Waals surface area contributed by atoms with E-state index in [-0.39, 0.29) is 18.0 Å². The lowest BCUT2D eigenvalue weighted by Gasteiger charge is -2.35. The van der Waals surface area contributed by atoms with E-state index >= 15 is 0 Å². The van der Waals surface area contributed by atoms with Crippen LogP contribution in [0, 0.1) is 6.92 Å². The lowest BCUT2D eigenvalue weighted by molar-refractivity contribution is 0.0608. The third-order valence-electron chi connectivity index (χ3n) is 4.82. The molecule has 0 bridgehead atoms. The van der Waals surface area contributed by atoms with E-state index in [0.29, 0.717) is 31.9 Å². The minimum Gasteiger partial charge on any atom is -0.447 e. The first-order valence-electron chi connectivity index (χ1n) is 7.83. The molecule has 0 radical (unpaired) electrons. The standard InChI is InChI=1S/C17H19N3O3/c1-11-3-4-12-8-15(18(2)14(12)7-11)16(21)19-5-6-20-13(9-19)10-23-17(20)22/h3-4,7-8,13H,5-6,9-10H2,1-2H3/t13-/m1/s1. The van der Waals surface area contributed by atoms with Crippen LogP contribution in [0.2, 0.25) is 0 Å². The van der Waals surface area contributed by atoms with E-state index in [1.54, 1.807) is 4.90 Å². The number of aromatic nitrogens is 1. The summed E-state index contributed by atoms with van der Waals surface area (Å²) in [7, 11) is 1.92. The number of cyclic esters (lactones) is 1. The van der Waals surface area contributed by atoms with Gasteiger partial charge in [0.25, 0.3) is 5.91 Å². The summed E-state index contributed by atoms with van der Waals surface area (Å²) in [5.74, 6) is 0.0142. The van der Waals surface area contributed by atoms with Gasteiger partial charge in [-0.3, -0.25) is 9.69 Å². The molecule has 2 aliphatic rings. The number of carbonyl (C=O) groups is 2. The van der Waals surface area contributed by atoms with E-state index in [4.69, 9.17) is 4.74 Å². The third kappa shape index (κ3) is 2.17. The van der Waals surface area contributed by atoms with Crippen molar-refractivity contribution in [1.29, 1.82) is 0 Å². The number of aryl methyl sites for hydroxylation is 2. The molecule has 0 spiro atoms. The van der Waals surface area contributed by atoms with Crippen molar-refractivity contribution >= 4 is 22.9 Å². The molecule has 120 valence electrons. The molecule has 6 nitrogen and oxygen atoms in total. The molecule has 6 heteroatoms. The third-order valence-corrected chi connectivity index (χ3v) is 4.82. The van der Waals surface area contributed by atoms with Gasteiger partial charge in [-0.1, -0.05) is 12.1 Å². The Bertz CT molecular complexity index is 811. The minimum absolute atomic E-state index is 0.0142. The molecule has 2 aliphatic heterocycles. The van der Waals surface area contributed by atoms with Crippen LogP contribution in [0.5, 0.6) is 0 Å². The molecule has 0 N–H and O–H groups in total. The topological polar surface area (TPSA) is 54.8 Å². The van der Waals surface area contributed by atoms with Gasteiger partial charge in [0, 0.05) is 37.6 Å². The number of nitrogens with zero attached hydrogens (tertiary/aromatic N) is 3. The van der Waals surface area contributed by atoms with Crippen molar-refractivity contribution in [3.63, 3.8) is 0 Å². The van der Waals surface area contributed by atoms with E-state index in [9.17, 15) is 9.59 Å². The van der Waals surface area contributed by atoms with Crippen LogP contribution >= 0.6 is 0 Å². The maximum Gasteiger partial charge on any atom is 0.410 e. The van der Waals surface area contributed by atoms with Gasteiger partial charge in [0.2, 0.25) is 0 Å². The first kappa shape index (κ1) is 14.1. The summed E-state index contributed by atoms with van der Waals surface area (Å²) in [5, 5.41) is 1.07. The molecule has 3 heterocycles. The van der Waals surface area contributed by atoms with E-state index < -0.39 is 0 Å². The number of benzene rings is 1. The number of hydrogen-bond acceptors (Lipinski definition) is 3. The van der Waals surface area contributed by atoms with Crippen molar-refractivity contribution in [2.75, 3.05) is 26.2 Å². The quantitative estimate of drug-likeness (QED) is 0.806. The molecule has 1 aromatic carbocycles. The van der Waals surface area contributed by atoms with Gasteiger partial charge in [-0.15, -0.1) is 0 Å². The SMILES string of the molecule is Cc1ccc2cc(C(=O)N3CCN4C(=O)OC[C@H]4C3)n(C)c2c1. The van der Waals surface area contributed by atoms with Crippen molar-refractivity contribution < 1.29 is 14.3 Å². The Morgan fingerprint density at radius 1 is 1.26 bits per heavy atom. The van der Waals surface area contributed by atoms with Crippen LogP contribution in [0.25, 0.3) is 10.9 Å². The average Bonchev–Trinajstić information content (AvgIpc) is 3.08. The van der Waals surface area contributed by atoms with Gasteiger partial charge in [0.1, 0.15) is 12.3 Å². The van der Waals surface area contributed by atoms with Crippen LogP contribution in [0.4, 0.5) is 4.79 Å². The molecule has 4 rings (SSSR count). The smallest absolute Gasteiger partial charge is 0.410 e. The van der Waals surface area contributed by atoms with E-state index in [1.165, 1.54) is 5.56 Å². The summed E-state index contributed by atoms with van der Waals surface area (Å²) < 4.78 is 7.01. The summed E-state index contributed by atoms with van der Waals surface area (Å²) >= 11 is 0. The maximum atomic E-state index is 12.9. The normalized spacial score (nSPS) is 20.8.